The second kappa shape index (κ2) is 5.43. The highest BCUT2D eigenvalue weighted by atomic mass is 16.6. The van der Waals surface area contributed by atoms with Crippen LogP contribution in [0.15, 0.2) is 41.0 Å². The fourth-order valence-electron chi connectivity index (χ4n) is 1.93. The predicted octanol–water partition coefficient (Wildman–Crippen LogP) is 2.81. The van der Waals surface area contributed by atoms with E-state index in [-0.39, 0.29) is 17.4 Å². The van der Waals surface area contributed by atoms with Crippen molar-refractivity contribution in [2.24, 2.45) is 0 Å². The molecule has 0 aliphatic heterocycles. The van der Waals surface area contributed by atoms with E-state index in [1.165, 1.54) is 6.07 Å². The van der Waals surface area contributed by atoms with Crippen molar-refractivity contribution < 1.29 is 9.34 Å². The fraction of sp³-hybridized carbons (Fsp3) is 0.231. The molecule has 0 saturated heterocycles. The molecule has 0 spiro atoms. The van der Waals surface area contributed by atoms with E-state index in [0.717, 1.165) is 5.76 Å². The number of furan rings is 1. The highest BCUT2D eigenvalue weighted by Crippen LogP contribution is 2.31. The zero-order valence-electron chi connectivity index (χ0n) is 10.5. The first-order valence-corrected chi connectivity index (χ1v) is 5.89. The number of nitrogens with zero attached hydrogens (tertiary/aromatic N) is 1. The molecule has 2 aromatic rings. The summed E-state index contributed by atoms with van der Waals surface area (Å²) in [7, 11) is 0. The maximum Gasteiger partial charge on any atom is 0.314 e. The van der Waals surface area contributed by atoms with Crippen molar-refractivity contribution in [1.29, 1.82) is 0 Å². The lowest BCUT2D eigenvalue weighted by Gasteiger charge is -2.14. The Morgan fingerprint density at radius 3 is 2.84 bits per heavy atom. The molecule has 0 amide bonds. The topological polar surface area (TPSA) is 94.3 Å². The summed E-state index contributed by atoms with van der Waals surface area (Å²) < 4.78 is 5.24. The molecule has 0 saturated carbocycles. The highest BCUT2D eigenvalue weighted by molar-refractivity contribution is 5.74. The van der Waals surface area contributed by atoms with Crippen LogP contribution < -0.4 is 11.1 Å². The van der Waals surface area contributed by atoms with E-state index in [4.69, 9.17) is 10.2 Å². The second-order valence-corrected chi connectivity index (χ2v) is 4.33. The van der Waals surface area contributed by atoms with Crippen molar-refractivity contribution in [3.63, 3.8) is 0 Å². The number of hydrogen-bond acceptors (Lipinski definition) is 5. The molecule has 0 bridgehead atoms. The van der Waals surface area contributed by atoms with Crippen molar-refractivity contribution in [1.82, 2.24) is 0 Å². The zero-order chi connectivity index (χ0) is 13.8. The minimum Gasteiger partial charge on any atom is -0.469 e. The molecular weight excluding hydrogens is 246 g/mol. The van der Waals surface area contributed by atoms with Crippen LogP contribution in [0, 0.1) is 10.1 Å². The first-order valence-electron chi connectivity index (χ1n) is 5.89. The monoisotopic (exact) mass is 261 g/mol. The second-order valence-electron chi connectivity index (χ2n) is 4.33. The van der Waals surface area contributed by atoms with Crippen LogP contribution in [0.2, 0.25) is 0 Å². The maximum absolute atomic E-state index is 11.0. The van der Waals surface area contributed by atoms with E-state index in [2.05, 4.69) is 5.32 Å². The molecule has 0 fully saturated rings. The lowest BCUT2D eigenvalue weighted by Crippen LogP contribution is -2.18. The van der Waals surface area contributed by atoms with Gasteiger partial charge in [-0.15, -0.1) is 0 Å². The van der Waals surface area contributed by atoms with Crippen molar-refractivity contribution >= 4 is 17.1 Å². The number of nitro groups is 1. The van der Waals surface area contributed by atoms with Gasteiger partial charge in [0.25, 0.3) is 0 Å². The van der Waals surface area contributed by atoms with Gasteiger partial charge in [0.1, 0.15) is 17.1 Å². The molecule has 100 valence electrons. The van der Waals surface area contributed by atoms with Crippen LogP contribution in [0.3, 0.4) is 0 Å². The summed E-state index contributed by atoms with van der Waals surface area (Å²) in [6.45, 7) is 1.93. The number of nitrogens with two attached hydrogens (primary N) is 1. The average molecular weight is 261 g/mol. The standard InChI is InChI=1S/C13H15N3O3/c1-9(8-10-4-3-7-19-10)15-12-6-2-5-11(14)13(12)16(17)18/h2-7,9,15H,8,14H2,1H3. The van der Waals surface area contributed by atoms with E-state index < -0.39 is 4.92 Å². The van der Waals surface area contributed by atoms with Gasteiger partial charge in [0, 0.05) is 12.5 Å². The number of nitro benzene ring substituents is 1. The lowest BCUT2D eigenvalue weighted by molar-refractivity contribution is -0.383. The summed E-state index contributed by atoms with van der Waals surface area (Å²) in [4.78, 5) is 10.5. The van der Waals surface area contributed by atoms with Crippen LogP contribution in [0.1, 0.15) is 12.7 Å². The predicted molar refractivity (Wildman–Crippen MR) is 73.0 cm³/mol. The van der Waals surface area contributed by atoms with Gasteiger partial charge in [0.2, 0.25) is 0 Å². The van der Waals surface area contributed by atoms with Gasteiger partial charge >= 0.3 is 5.69 Å². The zero-order valence-corrected chi connectivity index (χ0v) is 10.5. The highest BCUT2D eigenvalue weighted by Gasteiger charge is 2.19. The first-order chi connectivity index (χ1) is 9.08. The number of para-hydroxylation sites is 1. The van der Waals surface area contributed by atoms with E-state index >= 15 is 0 Å². The fourth-order valence-corrected chi connectivity index (χ4v) is 1.93. The maximum atomic E-state index is 11.0. The molecule has 1 heterocycles. The number of nitrogens with one attached hydrogen (secondary N) is 1. The summed E-state index contributed by atoms with van der Waals surface area (Å²) in [5.41, 5.74) is 6.12. The third-order valence-corrected chi connectivity index (χ3v) is 2.74. The summed E-state index contributed by atoms with van der Waals surface area (Å²) in [6.07, 6.45) is 2.24. The molecule has 6 heteroatoms. The van der Waals surface area contributed by atoms with Crippen LogP contribution in [0.5, 0.6) is 0 Å². The van der Waals surface area contributed by atoms with Gasteiger partial charge < -0.3 is 15.5 Å². The van der Waals surface area contributed by atoms with Crippen molar-refractivity contribution in [2.75, 3.05) is 11.1 Å². The molecule has 6 nitrogen and oxygen atoms in total. The molecule has 1 unspecified atom stereocenters. The number of benzene rings is 1. The largest absolute Gasteiger partial charge is 0.469 e. The third-order valence-electron chi connectivity index (χ3n) is 2.74. The molecule has 1 aromatic carbocycles. The van der Waals surface area contributed by atoms with Gasteiger partial charge in [-0.25, -0.2) is 0 Å². The Kier molecular flexibility index (Phi) is 3.70. The van der Waals surface area contributed by atoms with Gasteiger partial charge in [-0.05, 0) is 31.2 Å². The van der Waals surface area contributed by atoms with Crippen LogP contribution >= 0.6 is 0 Å². The van der Waals surface area contributed by atoms with Crippen LogP contribution in [0.25, 0.3) is 0 Å². The van der Waals surface area contributed by atoms with E-state index in [1.807, 2.05) is 19.1 Å². The molecule has 3 N–H and O–H groups in total. The van der Waals surface area contributed by atoms with Crippen molar-refractivity contribution in [3.05, 3.63) is 52.5 Å². The summed E-state index contributed by atoms with van der Waals surface area (Å²) in [5, 5.41) is 14.1. The van der Waals surface area contributed by atoms with Crippen LogP contribution in [0.4, 0.5) is 17.1 Å². The first kappa shape index (κ1) is 12.9. The molecule has 0 aliphatic carbocycles. The Balaban J connectivity index is 2.14. The Labute approximate surface area is 110 Å². The number of anilines is 2. The van der Waals surface area contributed by atoms with Gasteiger partial charge in [0.05, 0.1) is 11.2 Å². The summed E-state index contributed by atoms with van der Waals surface area (Å²) in [6, 6.07) is 8.51. The molecule has 2 rings (SSSR count). The Bertz CT molecular complexity index is 567. The quantitative estimate of drug-likeness (QED) is 0.490. The van der Waals surface area contributed by atoms with Crippen molar-refractivity contribution in [2.45, 2.75) is 19.4 Å². The van der Waals surface area contributed by atoms with E-state index in [0.29, 0.717) is 12.1 Å². The molecule has 1 aromatic heterocycles. The number of rotatable bonds is 5. The van der Waals surface area contributed by atoms with Gasteiger partial charge in [0.15, 0.2) is 0 Å². The minimum atomic E-state index is -0.475. The average Bonchev–Trinajstić information content (AvgIpc) is 2.81. The Hall–Kier alpha value is -2.50. The molecule has 0 radical (unpaired) electrons. The number of hydrogen-bond donors (Lipinski definition) is 2. The van der Waals surface area contributed by atoms with Gasteiger partial charge in [-0.2, -0.15) is 0 Å². The Morgan fingerprint density at radius 1 is 1.42 bits per heavy atom. The SMILES string of the molecule is CC(Cc1ccco1)Nc1cccc(N)c1[N+](=O)[O-]. The van der Waals surface area contributed by atoms with Crippen molar-refractivity contribution in [3.8, 4) is 0 Å². The third kappa shape index (κ3) is 3.04. The van der Waals surface area contributed by atoms with Gasteiger partial charge in [-0.3, -0.25) is 10.1 Å². The molecule has 0 aliphatic rings. The van der Waals surface area contributed by atoms with Gasteiger partial charge in [-0.1, -0.05) is 6.07 Å². The van der Waals surface area contributed by atoms with E-state index in [9.17, 15) is 10.1 Å². The lowest BCUT2D eigenvalue weighted by atomic mass is 10.1. The summed E-state index contributed by atoms with van der Waals surface area (Å²) >= 11 is 0. The van der Waals surface area contributed by atoms with Crippen LogP contribution in [-0.4, -0.2) is 11.0 Å². The molecular formula is C13H15N3O3. The van der Waals surface area contributed by atoms with Crippen LogP contribution in [-0.2, 0) is 6.42 Å². The normalized spacial score (nSPS) is 12.1. The molecule has 1 atom stereocenters. The Morgan fingerprint density at radius 2 is 2.21 bits per heavy atom. The smallest absolute Gasteiger partial charge is 0.314 e. The minimum absolute atomic E-state index is 0.00773. The molecule has 19 heavy (non-hydrogen) atoms. The number of nitrogen functional groups attached to an aromatic ring is 1. The summed E-state index contributed by atoms with van der Waals surface area (Å²) in [5.74, 6) is 0.826. The van der Waals surface area contributed by atoms with E-state index in [1.54, 1.807) is 18.4 Å².